The highest BCUT2D eigenvalue weighted by molar-refractivity contribution is 7.86. The summed E-state index contributed by atoms with van der Waals surface area (Å²) in [7, 11) is -3.98. The summed E-state index contributed by atoms with van der Waals surface area (Å²) in [5, 5.41) is 1.05. The van der Waals surface area contributed by atoms with Gasteiger partial charge in [0.05, 0.1) is 6.61 Å². The van der Waals surface area contributed by atoms with Gasteiger partial charge in [0.15, 0.2) is 0 Å². The Balaban J connectivity index is 2.52. The molecule has 0 bridgehead atoms. The summed E-state index contributed by atoms with van der Waals surface area (Å²) in [6.07, 6.45) is 0.396. The van der Waals surface area contributed by atoms with E-state index in [2.05, 4.69) is 0 Å². The van der Waals surface area contributed by atoms with E-state index in [1.54, 1.807) is 11.8 Å². The molecule has 0 aromatic carbocycles. The van der Waals surface area contributed by atoms with Gasteiger partial charge in [-0.2, -0.15) is 13.5 Å². The normalized spacial score (nSPS) is 22.2. The van der Waals surface area contributed by atoms with Crippen LogP contribution in [0.2, 0.25) is 0 Å². The Labute approximate surface area is 96.9 Å². The van der Waals surface area contributed by atoms with Crippen LogP contribution in [0.3, 0.4) is 0 Å². The number of rotatable bonds is 5. The monoisotopic (exact) mass is 252 g/mol. The van der Waals surface area contributed by atoms with E-state index in [1.165, 1.54) is 0 Å². The van der Waals surface area contributed by atoms with E-state index >= 15 is 0 Å². The van der Waals surface area contributed by atoms with Gasteiger partial charge in [-0.1, -0.05) is 6.92 Å². The minimum Gasteiger partial charge on any atom is -0.299 e. The first-order valence-corrected chi connectivity index (χ1v) is 7.07. The summed E-state index contributed by atoms with van der Waals surface area (Å²) >= 11 is 0. The second-order valence-electron chi connectivity index (χ2n) is 3.76. The fourth-order valence-electron chi connectivity index (χ4n) is 1.96. The maximum atomic E-state index is 11.1. The molecule has 1 unspecified atom stereocenters. The lowest BCUT2D eigenvalue weighted by Crippen LogP contribution is -2.52. The number of hydrogen-bond donors (Lipinski definition) is 1. The van der Waals surface area contributed by atoms with Crippen LogP contribution in [-0.4, -0.2) is 61.1 Å². The van der Waals surface area contributed by atoms with Crippen LogP contribution >= 0.6 is 0 Å². The van der Waals surface area contributed by atoms with Crippen LogP contribution < -0.4 is 0 Å². The molecule has 7 heteroatoms. The topological polar surface area (TPSA) is 70.1 Å². The average molecular weight is 252 g/mol. The Bertz CT molecular complexity index is 299. The van der Waals surface area contributed by atoms with Gasteiger partial charge in [-0.05, 0) is 13.3 Å². The fourth-order valence-corrected chi connectivity index (χ4v) is 2.97. The molecule has 0 aliphatic carbocycles. The first kappa shape index (κ1) is 13.9. The number of nitrogens with zero attached hydrogens (tertiary/aromatic N) is 2. The zero-order valence-electron chi connectivity index (χ0n) is 9.79. The molecule has 0 amide bonds. The maximum absolute atomic E-state index is 11.1. The van der Waals surface area contributed by atoms with E-state index < -0.39 is 15.5 Å². The first-order valence-electron chi connectivity index (χ1n) is 5.57. The zero-order valence-corrected chi connectivity index (χ0v) is 10.6. The van der Waals surface area contributed by atoms with E-state index in [0.29, 0.717) is 39.2 Å². The number of hydrogen-bond acceptors (Lipinski definition) is 5. The van der Waals surface area contributed by atoms with Crippen molar-refractivity contribution >= 4 is 10.1 Å². The van der Waals surface area contributed by atoms with Gasteiger partial charge in [0.1, 0.15) is 5.37 Å². The molecule has 1 fully saturated rings. The van der Waals surface area contributed by atoms with E-state index in [4.69, 9.17) is 9.39 Å². The minimum absolute atomic E-state index is 0.396. The lowest BCUT2D eigenvalue weighted by molar-refractivity contribution is -0.173. The SMILES string of the molecule is CCON1CCN(C(CC)S(=O)(=O)O)CC1. The molecule has 6 nitrogen and oxygen atoms in total. The number of hydroxylamine groups is 2. The smallest absolute Gasteiger partial charge is 0.281 e. The Kier molecular flexibility index (Phi) is 5.13. The van der Waals surface area contributed by atoms with E-state index in [1.807, 2.05) is 12.0 Å². The molecule has 1 aliphatic heterocycles. The predicted octanol–water partition coefficient (Wildman–Crippen LogP) is 0.179. The Morgan fingerprint density at radius 3 is 2.19 bits per heavy atom. The molecule has 1 rings (SSSR count). The molecule has 96 valence electrons. The lowest BCUT2D eigenvalue weighted by Gasteiger charge is -2.36. The molecule has 0 saturated carbocycles. The molecule has 0 aromatic rings. The van der Waals surface area contributed by atoms with Crippen LogP contribution in [0.25, 0.3) is 0 Å². The summed E-state index contributed by atoms with van der Waals surface area (Å²) in [6.45, 7) is 6.82. The average Bonchev–Trinajstić information content (AvgIpc) is 2.20. The summed E-state index contributed by atoms with van der Waals surface area (Å²) < 4.78 is 31.4. The van der Waals surface area contributed by atoms with Crippen LogP contribution in [0.4, 0.5) is 0 Å². The summed E-state index contributed by atoms with van der Waals surface area (Å²) in [5.74, 6) is 0. The van der Waals surface area contributed by atoms with Gasteiger partial charge in [-0.25, -0.2) is 0 Å². The largest absolute Gasteiger partial charge is 0.299 e. The third-order valence-corrected chi connectivity index (χ3v) is 4.00. The minimum atomic E-state index is -3.98. The van der Waals surface area contributed by atoms with Crippen molar-refractivity contribution < 1.29 is 17.8 Å². The third-order valence-electron chi connectivity index (χ3n) is 2.69. The van der Waals surface area contributed by atoms with E-state index in [-0.39, 0.29) is 0 Å². The maximum Gasteiger partial charge on any atom is 0.281 e. The van der Waals surface area contributed by atoms with Crippen molar-refractivity contribution in [2.24, 2.45) is 0 Å². The summed E-state index contributed by atoms with van der Waals surface area (Å²) in [6, 6.07) is 0. The lowest BCUT2D eigenvalue weighted by atomic mass is 10.3. The van der Waals surface area contributed by atoms with E-state index in [0.717, 1.165) is 0 Å². The third kappa shape index (κ3) is 3.67. The highest BCUT2D eigenvalue weighted by atomic mass is 32.2. The molecule has 1 saturated heterocycles. The molecule has 1 aliphatic rings. The molecular formula is C9H20N2O4S. The van der Waals surface area contributed by atoms with Gasteiger partial charge in [-0.3, -0.25) is 14.3 Å². The van der Waals surface area contributed by atoms with Gasteiger partial charge in [0, 0.05) is 26.2 Å². The van der Waals surface area contributed by atoms with Gasteiger partial charge in [-0.15, -0.1) is 0 Å². The van der Waals surface area contributed by atoms with Crippen LogP contribution in [0.5, 0.6) is 0 Å². The predicted molar refractivity (Wildman–Crippen MR) is 60.4 cm³/mol. The van der Waals surface area contributed by atoms with Crippen molar-refractivity contribution in [3.63, 3.8) is 0 Å². The van der Waals surface area contributed by atoms with Crippen LogP contribution in [0, 0.1) is 0 Å². The molecule has 0 radical (unpaired) electrons. The Morgan fingerprint density at radius 1 is 1.25 bits per heavy atom. The van der Waals surface area contributed by atoms with Gasteiger partial charge < -0.3 is 0 Å². The molecule has 16 heavy (non-hydrogen) atoms. The van der Waals surface area contributed by atoms with Crippen LogP contribution in [-0.2, 0) is 15.0 Å². The Morgan fingerprint density at radius 2 is 1.81 bits per heavy atom. The highest BCUT2D eigenvalue weighted by Crippen LogP contribution is 2.13. The second kappa shape index (κ2) is 5.92. The van der Waals surface area contributed by atoms with Gasteiger partial charge in [0.2, 0.25) is 0 Å². The molecule has 1 heterocycles. The highest BCUT2D eigenvalue weighted by Gasteiger charge is 2.30. The fraction of sp³-hybridized carbons (Fsp3) is 1.00. The molecular weight excluding hydrogens is 232 g/mol. The Hall–Kier alpha value is -0.210. The van der Waals surface area contributed by atoms with E-state index in [9.17, 15) is 8.42 Å². The van der Waals surface area contributed by atoms with Crippen molar-refractivity contribution in [1.29, 1.82) is 0 Å². The van der Waals surface area contributed by atoms with Crippen LogP contribution in [0.15, 0.2) is 0 Å². The zero-order chi connectivity index (χ0) is 12.2. The quantitative estimate of drug-likeness (QED) is 0.704. The molecule has 0 aromatic heterocycles. The van der Waals surface area contributed by atoms with Gasteiger partial charge in [0.25, 0.3) is 10.1 Å². The molecule has 1 atom stereocenters. The standard InChI is InChI=1S/C9H20N2O4S/c1-3-9(16(12,13)14)10-5-7-11(8-6-10)15-4-2/h9H,3-8H2,1-2H3,(H,12,13,14). The van der Waals surface area contributed by atoms with Crippen molar-refractivity contribution in [2.75, 3.05) is 32.8 Å². The summed E-state index contributed by atoms with van der Waals surface area (Å²) in [5.41, 5.74) is 0. The second-order valence-corrected chi connectivity index (χ2v) is 5.33. The van der Waals surface area contributed by atoms with Gasteiger partial charge >= 0.3 is 0 Å². The number of piperazine rings is 1. The molecule has 1 N–H and O–H groups in total. The summed E-state index contributed by atoms with van der Waals surface area (Å²) in [4.78, 5) is 7.11. The van der Waals surface area contributed by atoms with Crippen LogP contribution in [0.1, 0.15) is 20.3 Å². The van der Waals surface area contributed by atoms with Crippen molar-refractivity contribution in [2.45, 2.75) is 25.6 Å². The van der Waals surface area contributed by atoms with Crippen molar-refractivity contribution in [3.8, 4) is 0 Å². The first-order chi connectivity index (χ1) is 7.49. The van der Waals surface area contributed by atoms with Crippen molar-refractivity contribution in [3.05, 3.63) is 0 Å². The molecule has 0 spiro atoms. The van der Waals surface area contributed by atoms with Crippen molar-refractivity contribution in [1.82, 2.24) is 9.96 Å².